The molecule has 0 radical (unpaired) electrons. The maximum atomic E-state index is 12.4. The molecular formula is C19H22N2O. The van der Waals surface area contributed by atoms with Crippen LogP contribution in [0.15, 0.2) is 54.6 Å². The van der Waals surface area contributed by atoms with Gasteiger partial charge in [-0.2, -0.15) is 0 Å². The highest BCUT2D eigenvalue weighted by Gasteiger charge is 2.19. The molecule has 1 heterocycles. The Morgan fingerprint density at radius 3 is 2.36 bits per heavy atom. The van der Waals surface area contributed by atoms with Crippen molar-refractivity contribution in [1.29, 1.82) is 0 Å². The Hall–Kier alpha value is -2.29. The molecule has 1 aliphatic rings. The Labute approximate surface area is 132 Å². The Kier molecular flexibility index (Phi) is 4.42. The molecule has 1 saturated heterocycles. The Balaban J connectivity index is 1.78. The second kappa shape index (κ2) is 6.65. The zero-order chi connectivity index (χ0) is 15.4. The summed E-state index contributed by atoms with van der Waals surface area (Å²) in [4.78, 5) is 14.7. The molecule has 0 saturated carbocycles. The number of nitrogens with zero attached hydrogens (tertiary/aromatic N) is 1. The van der Waals surface area contributed by atoms with Crippen molar-refractivity contribution in [2.24, 2.45) is 5.92 Å². The first-order valence-corrected chi connectivity index (χ1v) is 7.94. The number of piperidine rings is 1. The fourth-order valence-corrected chi connectivity index (χ4v) is 2.89. The van der Waals surface area contributed by atoms with Crippen LogP contribution < -0.4 is 10.2 Å². The Bertz CT molecular complexity index is 631. The van der Waals surface area contributed by atoms with E-state index in [-0.39, 0.29) is 5.91 Å². The van der Waals surface area contributed by atoms with Crippen LogP contribution in [-0.2, 0) is 0 Å². The second-order valence-corrected chi connectivity index (χ2v) is 6.01. The average Bonchev–Trinajstić information content (AvgIpc) is 2.57. The van der Waals surface area contributed by atoms with Crippen molar-refractivity contribution >= 4 is 17.3 Å². The third-order valence-corrected chi connectivity index (χ3v) is 4.31. The number of nitrogens with one attached hydrogen (secondary N) is 1. The SMILES string of the molecule is CC1CCN(c2ccccc2NC(=O)c2ccccc2)CC1. The number of carbonyl (C=O) groups excluding carboxylic acids is 1. The maximum absolute atomic E-state index is 12.4. The molecule has 0 unspecified atom stereocenters. The first-order chi connectivity index (χ1) is 10.7. The molecular weight excluding hydrogens is 272 g/mol. The molecule has 1 aliphatic heterocycles. The van der Waals surface area contributed by atoms with E-state index >= 15 is 0 Å². The largest absolute Gasteiger partial charge is 0.370 e. The highest BCUT2D eigenvalue weighted by molar-refractivity contribution is 6.05. The molecule has 3 heteroatoms. The van der Waals surface area contributed by atoms with Crippen molar-refractivity contribution in [3.8, 4) is 0 Å². The number of para-hydroxylation sites is 2. The fourth-order valence-electron chi connectivity index (χ4n) is 2.89. The van der Waals surface area contributed by atoms with Gasteiger partial charge in [0.15, 0.2) is 0 Å². The smallest absolute Gasteiger partial charge is 0.255 e. The van der Waals surface area contributed by atoms with Gasteiger partial charge in [-0.25, -0.2) is 0 Å². The van der Waals surface area contributed by atoms with E-state index in [0.29, 0.717) is 5.56 Å². The summed E-state index contributed by atoms with van der Waals surface area (Å²) in [6.07, 6.45) is 2.42. The number of rotatable bonds is 3. The minimum absolute atomic E-state index is 0.0570. The standard InChI is InChI=1S/C19H22N2O/c1-15-11-13-21(14-12-15)18-10-6-5-9-17(18)20-19(22)16-7-3-2-4-8-16/h2-10,15H,11-14H2,1H3,(H,20,22). The highest BCUT2D eigenvalue weighted by Crippen LogP contribution is 2.29. The van der Waals surface area contributed by atoms with Gasteiger partial charge >= 0.3 is 0 Å². The van der Waals surface area contributed by atoms with Gasteiger partial charge in [0.2, 0.25) is 0 Å². The van der Waals surface area contributed by atoms with E-state index < -0.39 is 0 Å². The van der Waals surface area contributed by atoms with Gasteiger partial charge in [0.1, 0.15) is 0 Å². The molecule has 2 aromatic rings. The lowest BCUT2D eigenvalue weighted by Gasteiger charge is -2.33. The van der Waals surface area contributed by atoms with Crippen LogP contribution in [-0.4, -0.2) is 19.0 Å². The van der Waals surface area contributed by atoms with Crippen LogP contribution in [0.1, 0.15) is 30.1 Å². The van der Waals surface area contributed by atoms with Crippen LogP contribution in [0.3, 0.4) is 0 Å². The lowest BCUT2D eigenvalue weighted by Crippen LogP contribution is -2.33. The molecule has 1 amide bonds. The number of carbonyl (C=O) groups is 1. The predicted molar refractivity (Wildman–Crippen MR) is 91.4 cm³/mol. The summed E-state index contributed by atoms with van der Waals surface area (Å²) in [5, 5.41) is 3.05. The van der Waals surface area contributed by atoms with E-state index in [4.69, 9.17) is 0 Å². The maximum Gasteiger partial charge on any atom is 0.255 e. The van der Waals surface area contributed by atoms with E-state index in [1.165, 1.54) is 12.8 Å². The van der Waals surface area contributed by atoms with Crippen molar-refractivity contribution in [2.45, 2.75) is 19.8 Å². The zero-order valence-electron chi connectivity index (χ0n) is 13.0. The molecule has 3 rings (SSSR count). The summed E-state index contributed by atoms with van der Waals surface area (Å²) in [5.74, 6) is 0.737. The quantitative estimate of drug-likeness (QED) is 0.921. The summed E-state index contributed by atoms with van der Waals surface area (Å²) in [6.45, 7) is 4.42. The predicted octanol–water partition coefficient (Wildman–Crippen LogP) is 4.18. The molecule has 1 N–H and O–H groups in total. The van der Waals surface area contributed by atoms with E-state index in [2.05, 4.69) is 23.2 Å². The van der Waals surface area contributed by atoms with E-state index in [1.54, 1.807) is 0 Å². The molecule has 0 spiro atoms. The Morgan fingerprint density at radius 2 is 1.64 bits per heavy atom. The van der Waals surface area contributed by atoms with E-state index in [9.17, 15) is 4.79 Å². The average molecular weight is 294 g/mol. The van der Waals surface area contributed by atoms with Crippen molar-refractivity contribution in [3.05, 3.63) is 60.2 Å². The molecule has 0 atom stereocenters. The first-order valence-electron chi connectivity index (χ1n) is 7.94. The van der Waals surface area contributed by atoms with E-state index in [1.807, 2.05) is 48.5 Å². The van der Waals surface area contributed by atoms with Crippen LogP contribution in [0.2, 0.25) is 0 Å². The fraction of sp³-hybridized carbons (Fsp3) is 0.316. The first kappa shape index (κ1) is 14.6. The molecule has 0 aromatic heterocycles. The minimum Gasteiger partial charge on any atom is -0.370 e. The number of amides is 1. The van der Waals surface area contributed by atoms with Gasteiger partial charge in [-0.05, 0) is 43.0 Å². The normalized spacial score (nSPS) is 15.6. The van der Waals surface area contributed by atoms with E-state index in [0.717, 1.165) is 30.4 Å². The van der Waals surface area contributed by atoms with Crippen molar-refractivity contribution in [1.82, 2.24) is 0 Å². The summed E-state index contributed by atoms with van der Waals surface area (Å²) >= 11 is 0. The summed E-state index contributed by atoms with van der Waals surface area (Å²) in [7, 11) is 0. The Morgan fingerprint density at radius 1 is 1.00 bits per heavy atom. The lowest BCUT2D eigenvalue weighted by atomic mass is 9.98. The molecule has 114 valence electrons. The monoisotopic (exact) mass is 294 g/mol. The van der Waals surface area contributed by atoms with Gasteiger partial charge in [0.05, 0.1) is 11.4 Å². The van der Waals surface area contributed by atoms with Gasteiger partial charge in [-0.15, -0.1) is 0 Å². The number of anilines is 2. The zero-order valence-corrected chi connectivity index (χ0v) is 13.0. The number of hydrogen-bond acceptors (Lipinski definition) is 2. The molecule has 0 bridgehead atoms. The van der Waals surface area contributed by atoms with Crippen LogP contribution in [0.5, 0.6) is 0 Å². The molecule has 1 fully saturated rings. The van der Waals surface area contributed by atoms with Crippen LogP contribution in [0, 0.1) is 5.92 Å². The van der Waals surface area contributed by atoms with Gasteiger partial charge in [-0.3, -0.25) is 4.79 Å². The lowest BCUT2D eigenvalue weighted by molar-refractivity contribution is 0.102. The molecule has 22 heavy (non-hydrogen) atoms. The van der Waals surface area contributed by atoms with Crippen molar-refractivity contribution < 1.29 is 4.79 Å². The second-order valence-electron chi connectivity index (χ2n) is 6.01. The third-order valence-electron chi connectivity index (χ3n) is 4.31. The van der Waals surface area contributed by atoms with Crippen molar-refractivity contribution in [3.63, 3.8) is 0 Å². The third kappa shape index (κ3) is 3.30. The summed E-state index contributed by atoms with van der Waals surface area (Å²) in [6, 6.07) is 17.4. The van der Waals surface area contributed by atoms with Gasteiger partial charge in [-0.1, -0.05) is 37.3 Å². The summed E-state index contributed by atoms with van der Waals surface area (Å²) < 4.78 is 0. The van der Waals surface area contributed by atoms with Crippen molar-refractivity contribution in [2.75, 3.05) is 23.3 Å². The molecule has 3 nitrogen and oxygen atoms in total. The van der Waals surface area contributed by atoms with Gasteiger partial charge in [0.25, 0.3) is 5.91 Å². The van der Waals surface area contributed by atoms with Gasteiger partial charge in [0, 0.05) is 18.7 Å². The minimum atomic E-state index is -0.0570. The van der Waals surface area contributed by atoms with Gasteiger partial charge < -0.3 is 10.2 Å². The number of benzene rings is 2. The summed E-state index contributed by atoms with van der Waals surface area (Å²) in [5.41, 5.74) is 2.70. The van der Waals surface area contributed by atoms with Crippen LogP contribution >= 0.6 is 0 Å². The van der Waals surface area contributed by atoms with Crippen LogP contribution in [0.4, 0.5) is 11.4 Å². The number of hydrogen-bond donors (Lipinski definition) is 1. The molecule has 2 aromatic carbocycles. The molecule has 0 aliphatic carbocycles. The topological polar surface area (TPSA) is 32.3 Å². The highest BCUT2D eigenvalue weighted by atomic mass is 16.1. The van der Waals surface area contributed by atoms with Crippen LogP contribution in [0.25, 0.3) is 0 Å².